The molecule has 3 N–H and O–H groups in total. The Labute approximate surface area is 253 Å². The summed E-state index contributed by atoms with van der Waals surface area (Å²) < 4.78 is 15.6. The molecular formula is C33H45FN6O3. The molecule has 0 atom stereocenters. The average Bonchev–Trinajstić information content (AvgIpc) is 3.30. The summed E-state index contributed by atoms with van der Waals surface area (Å²) in [6.07, 6.45) is 3.13. The lowest BCUT2D eigenvalue weighted by Gasteiger charge is -2.37. The quantitative estimate of drug-likeness (QED) is 0.337. The molecule has 2 aromatic carbocycles. The zero-order valence-corrected chi connectivity index (χ0v) is 25.8. The highest BCUT2D eigenvalue weighted by Crippen LogP contribution is 2.37. The second-order valence-corrected chi connectivity index (χ2v) is 13.1. The van der Waals surface area contributed by atoms with Crippen LogP contribution in [0.2, 0.25) is 0 Å². The highest BCUT2D eigenvalue weighted by atomic mass is 19.1. The van der Waals surface area contributed by atoms with Gasteiger partial charge in [-0.05, 0) is 95.3 Å². The van der Waals surface area contributed by atoms with E-state index < -0.39 is 11.4 Å². The monoisotopic (exact) mass is 592 g/mol. The Morgan fingerprint density at radius 3 is 2.28 bits per heavy atom. The Morgan fingerprint density at radius 1 is 1.00 bits per heavy atom. The maximum absolute atomic E-state index is 13.5. The summed E-state index contributed by atoms with van der Waals surface area (Å²) in [5.41, 5.74) is 2.59. The molecule has 10 heteroatoms. The molecule has 3 aromatic rings. The molecule has 0 bridgehead atoms. The van der Waals surface area contributed by atoms with Crippen LogP contribution in [0.25, 0.3) is 11.0 Å². The number of benzene rings is 2. The van der Waals surface area contributed by atoms with Gasteiger partial charge in [0.1, 0.15) is 5.82 Å². The normalized spacial score (nSPS) is 20.4. The molecule has 2 fully saturated rings. The Bertz CT molecular complexity index is 1410. The molecule has 5 rings (SSSR count). The van der Waals surface area contributed by atoms with Gasteiger partial charge in [0.2, 0.25) is 11.9 Å². The van der Waals surface area contributed by atoms with Gasteiger partial charge in [-0.25, -0.2) is 9.37 Å². The van der Waals surface area contributed by atoms with Gasteiger partial charge in [-0.1, -0.05) is 6.07 Å². The van der Waals surface area contributed by atoms with Crippen LogP contribution in [0.4, 0.5) is 10.3 Å². The van der Waals surface area contributed by atoms with E-state index in [2.05, 4.69) is 37.1 Å². The Morgan fingerprint density at radius 2 is 1.65 bits per heavy atom. The van der Waals surface area contributed by atoms with Crippen molar-refractivity contribution in [3.63, 3.8) is 0 Å². The molecule has 1 aliphatic heterocycles. The molecule has 0 radical (unpaired) electrons. The number of halogens is 1. The molecule has 0 unspecified atom stereocenters. The minimum atomic E-state index is -0.702. The Balaban J connectivity index is 1.37. The Hall–Kier alpha value is -3.34. The van der Waals surface area contributed by atoms with E-state index in [1.165, 1.54) is 29.8 Å². The van der Waals surface area contributed by atoms with E-state index in [0.717, 1.165) is 69.4 Å². The van der Waals surface area contributed by atoms with Crippen molar-refractivity contribution >= 4 is 28.8 Å². The smallest absolute Gasteiger partial charge is 0.257 e. The van der Waals surface area contributed by atoms with Gasteiger partial charge in [0.25, 0.3) is 5.91 Å². The first-order valence-corrected chi connectivity index (χ1v) is 15.5. The molecule has 232 valence electrons. The lowest BCUT2D eigenvalue weighted by atomic mass is 9.85. The van der Waals surface area contributed by atoms with Gasteiger partial charge in [0, 0.05) is 62.8 Å². The minimum absolute atomic E-state index is 0.0173. The molecule has 43 heavy (non-hydrogen) atoms. The van der Waals surface area contributed by atoms with Gasteiger partial charge >= 0.3 is 0 Å². The van der Waals surface area contributed by atoms with E-state index in [9.17, 15) is 19.1 Å². The fraction of sp³-hybridized carbons (Fsp3) is 0.545. The van der Waals surface area contributed by atoms with Gasteiger partial charge in [-0.3, -0.25) is 24.7 Å². The number of carbonyl (C=O) groups excluding carboxylic acids is 2. The number of nitrogens with zero attached hydrogens (tertiary/aromatic N) is 4. The van der Waals surface area contributed by atoms with Crippen LogP contribution >= 0.6 is 0 Å². The van der Waals surface area contributed by atoms with Gasteiger partial charge in [0.05, 0.1) is 16.6 Å². The molecule has 2 amide bonds. The fourth-order valence-corrected chi connectivity index (χ4v) is 6.38. The fourth-order valence-electron chi connectivity index (χ4n) is 6.38. The van der Waals surface area contributed by atoms with Crippen molar-refractivity contribution in [3.8, 4) is 0 Å². The number of β-amino-alcohol motifs (C(OH)–C–C–N with tert-alkyl or cyclic N) is 1. The SMILES string of the molecule is CC(C)NC(=O)C1CCC(n2c(NC(=O)c3ccc(F)cc3)nc3ccc(CN4CCN(CC(C)(C)O)CC4)cc32)CC1. The maximum Gasteiger partial charge on any atom is 0.257 e. The van der Waals surface area contributed by atoms with Crippen LogP contribution in [0.5, 0.6) is 0 Å². The zero-order valence-electron chi connectivity index (χ0n) is 25.8. The highest BCUT2D eigenvalue weighted by molar-refractivity contribution is 6.04. The summed E-state index contributed by atoms with van der Waals surface area (Å²) in [7, 11) is 0. The number of imidazole rings is 1. The third-order valence-electron chi connectivity index (χ3n) is 8.43. The van der Waals surface area contributed by atoms with Crippen LogP contribution in [0.15, 0.2) is 42.5 Å². The number of amides is 2. The van der Waals surface area contributed by atoms with E-state index in [1.54, 1.807) is 0 Å². The minimum Gasteiger partial charge on any atom is -0.389 e. The lowest BCUT2D eigenvalue weighted by Crippen LogP contribution is -2.50. The van der Waals surface area contributed by atoms with E-state index in [-0.39, 0.29) is 29.8 Å². The number of hydrogen-bond acceptors (Lipinski definition) is 6. The number of carbonyl (C=O) groups is 2. The number of fused-ring (bicyclic) bond motifs is 1. The number of piperazine rings is 1. The molecule has 1 saturated carbocycles. The van der Waals surface area contributed by atoms with Gasteiger partial charge in [-0.15, -0.1) is 0 Å². The summed E-state index contributed by atoms with van der Waals surface area (Å²) in [4.78, 5) is 35.4. The Kier molecular flexibility index (Phi) is 9.48. The second-order valence-electron chi connectivity index (χ2n) is 13.1. The van der Waals surface area contributed by atoms with Gasteiger partial charge in [0.15, 0.2) is 0 Å². The lowest BCUT2D eigenvalue weighted by molar-refractivity contribution is -0.126. The van der Waals surface area contributed by atoms with Crippen molar-refractivity contribution in [2.75, 3.05) is 38.0 Å². The maximum atomic E-state index is 13.5. The van der Waals surface area contributed by atoms with Crippen LogP contribution in [0, 0.1) is 11.7 Å². The summed E-state index contributed by atoms with van der Waals surface area (Å²) in [5, 5.41) is 16.2. The van der Waals surface area contributed by atoms with Crippen molar-refractivity contribution in [2.24, 2.45) is 5.92 Å². The third kappa shape index (κ3) is 7.99. The van der Waals surface area contributed by atoms with Crippen LogP contribution in [-0.4, -0.2) is 80.6 Å². The standard InChI is InChI=1S/C33H45FN6O3/c1-22(2)35-30(41)25-8-12-27(13-9-25)40-29-19-23(20-38-15-17-39(18-16-38)21-33(3,4)43)5-14-28(29)36-32(40)37-31(42)24-6-10-26(34)11-7-24/h5-7,10-11,14,19,22,25,27,43H,8-9,12-13,15-18,20-21H2,1-4H3,(H,35,41)(H,36,37,42). The zero-order chi connectivity index (χ0) is 30.7. The summed E-state index contributed by atoms with van der Waals surface area (Å²) in [5.74, 6) is -0.175. The molecule has 1 aromatic heterocycles. The van der Waals surface area contributed by atoms with Crippen molar-refractivity contribution in [3.05, 3.63) is 59.4 Å². The predicted molar refractivity (Wildman–Crippen MR) is 166 cm³/mol. The first-order valence-electron chi connectivity index (χ1n) is 15.5. The number of aromatic nitrogens is 2. The van der Waals surface area contributed by atoms with E-state index in [0.29, 0.717) is 18.1 Å². The van der Waals surface area contributed by atoms with Crippen LogP contribution in [-0.2, 0) is 11.3 Å². The second kappa shape index (κ2) is 13.1. The third-order valence-corrected chi connectivity index (χ3v) is 8.43. The molecule has 0 spiro atoms. The molecule has 2 aliphatic rings. The number of nitrogens with one attached hydrogen (secondary N) is 2. The number of hydrogen-bond donors (Lipinski definition) is 3. The first kappa shape index (κ1) is 31.1. The molecule has 9 nitrogen and oxygen atoms in total. The molecular weight excluding hydrogens is 547 g/mol. The van der Waals surface area contributed by atoms with E-state index in [4.69, 9.17) is 4.98 Å². The topological polar surface area (TPSA) is 103 Å². The van der Waals surface area contributed by atoms with E-state index in [1.807, 2.05) is 33.8 Å². The van der Waals surface area contributed by atoms with E-state index >= 15 is 0 Å². The van der Waals surface area contributed by atoms with Gasteiger partial charge in [-0.2, -0.15) is 0 Å². The molecule has 1 saturated heterocycles. The summed E-state index contributed by atoms with van der Waals surface area (Å²) in [6.45, 7) is 12.8. The predicted octanol–water partition coefficient (Wildman–Crippen LogP) is 4.57. The van der Waals surface area contributed by atoms with Crippen LogP contribution in [0.1, 0.15) is 75.3 Å². The highest BCUT2D eigenvalue weighted by Gasteiger charge is 2.30. The molecule has 2 heterocycles. The largest absolute Gasteiger partial charge is 0.389 e. The van der Waals surface area contributed by atoms with Crippen molar-refractivity contribution in [1.82, 2.24) is 24.7 Å². The number of anilines is 1. The number of aliphatic hydroxyl groups is 1. The number of rotatable bonds is 9. The molecule has 1 aliphatic carbocycles. The average molecular weight is 593 g/mol. The van der Waals surface area contributed by atoms with Crippen molar-refractivity contribution < 1.29 is 19.1 Å². The summed E-state index contributed by atoms with van der Waals surface area (Å²) in [6, 6.07) is 12.0. The van der Waals surface area contributed by atoms with Gasteiger partial charge < -0.3 is 15.0 Å². The van der Waals surface area contributed by atoms with Crippen LogP contribution in [0.3, 0.4) is 0 Å². The first-order chi connectivity index (χ1) is 20.4. The van der Waals surface area contributed by atoms with Crippen LogP contribution < -0.4 is 10.6 Å². The van der Waals surface area contributed by atoms with Crippen molar-refractivity contribution in [1.29, 1.82) is 0 Å². The van der Waals surface area contributed by atoms with Crippen molar-refractivity contribution in [2.45, 2.75) is 77.6 Å². The summed E-state index contributed by atoms with van der Waals surface area (Å²) >= 11 is 0.